The highest BCUT2D eigenvalue weighted by atomic mass is 16.6. The molecule has 0 radical (unpaired) electrons. The normalized spacial score (nSPS) is 12.1. The molecule has 0 saturated heterocycles. The average Bonchev–Trinajstić information content (AvgIpc) is 3.17. The molecule has 0 saturated carbocycles. The first-order valence-corrected chi connectivity index (χ1v) is 23.3. The number of rotatable bonds is 42. The van der Waals surface area contributed by atoms with Crippen LogP contribution >= 0.6 is 0 Å². The molecule has 6 heteroatoms. The lowest BCUT2D eigenvalue weighted by Gasteiger charge is -2.18. The van der Waals surface area contributed by atoms with Crippen LogP contribution in [0.4, 0.5) is 0 Å². The number of unbranched alkanes of at least 4 members (excludes halogenated alkanes) is 27. The van der Waals surface area contributed by atoms with Crippen LogP contribution in [0.5, 0.6) is 0 Å². The lowest BCUT2D eigenvalue weighted by molar-refractivity contribution is -0.167. The minimum atomic E-state index is -0.771. The monoisotopic (exact) mass is 761 g/mol. The van der Waals surface area contributed by atoms with Crippen LogP contribution < -0.4 is 0 Å². The van der Waals surface area contributed by atoms with Gasteiger partial charge in [0.15, 0.2) is 6.10 Å². The van der Waals surface area contributed by atoms with Gasteiger partial charge < -0.3 is 14.2 Å². The molecule has 0 bridgehead atoms. The molecule has 6 nitrogen and oxygen atoms in total. The van der Waals surface area contributed by atoms with E-state index in [4.69, 9.17) is 14.2 Å². The summed E-state index contributed by atoms with van der Waals surface area (Å²) < 4.78 is 16.7. The lowest BCUT2D eigenvalue weighted by Crippen LogP contribution is -2.30. The molecule has 0 aliphatic rings. The smallest absolute Gasteiger partial charge is 0.306 e. The Morgan fingerprint density at radius 1 is 0.352 bits per heavy atom. The Labute approximate surface area is 334 Å². The lowest BCUT2D eigenvalue weighted by atomic mass is 10.0. The van der Waals surface area contributed by atoms with Crippen LogP contribution in [-0.2, 0) is 28.6 Å². The van der Waals surface area contributed by atoms with E-state index in [-0.39, 0.29) is 31.1 Å². The average molecular weight is 761 g/mol. The van der Waals surface area contributed by atoms with E-state index >= 15 is 0 Å². The van der Waals surface area contributed by atoms with Gasteiger partial charge in [0.05, 0.1) is 0 Å². The molecule has 1 unspecified atom stereocenters. The Kier molecular flexibility index (Phi) is 41.9. The zero-order valence-corrected chi connectivity index (χ0v) is 36.0. The third-order valence-electron chi connectivity index (χ3n) is 10.1. The highest BCUT2D eigenvalue weighted by molar-refractivity contribution is 5.71. The van der Waals surface area contributed by atoms with E-state index < -0.39 is 6.10 Å². The van der Waals surface area contributed by atoms with Crippen molar-refractivity contribution in [2.45, 2.75) is 252 Å². The van der Waals surface area contributed by atoms with E-state index in [1.54, 1.807) is 0 Å². The molecule has 0 aliphatic heterocycles. The molecule has 0 heterocycles. The van der Waals surface area contributed by atoms with E-state index in [1.807, 2.05) is 0 Å². The molecule has 316 valence electrons. The molecule has 0 spiro atoms. The van der Waals surface area contributed by atoms with Gasteiger partial charge in [0.2, 0.25) is 0 Å². The second kappa shape index (κ2) is 43.6. The minimum absolute atomic E-state index is 0.0744. The van der Waals surface area contributed by atoms with Crippen molar-refractivity contribution in [1.82, 2.24) is 0 Å². The Morgan fingerprint density at radius 2 is 0.648 bits per heavy atom. The fraction of sp³-hybridized carbons (Fsp3) is 0.854. The molecular weight excluding hydrogens is 673 g/mol. The van der Waals surface area contributed by atoms with E-state index in [0.29, 0.717) is 19.3 Å². The predicted molar refractivity (Wildman–Crippen MR) is 229 cm³/mol. The molecule has 1 atom stereocenters. The first-order chi connectivity index (χ1) is 26.5. The number of carbonyl (C=O) groups is 3. The highest BCUT2D eigenvalue weighted by Crippen LogP contribution is 2.15. The summed E-state index contributed by atoms with van der Waals surface area (Å²) in [6, 6.07) is 0. The summed E-state index contributed by atoms with van der Waals surface area (Å²) in [6.45, 7) is 6.51. The van der Waals surface area contributed by atoms with Gasteiger partial charge in [-0.25, -0.2) is 0 Å². The number of esters is 3. The molecule has 0 aromatic heterocycles. The van der Waals surface area contributed by atoms with Gasteiger partial charge in [-0.15, -0.1) is 0 Å². The van der Waals surface area contributed by atoms with Crippen molar-refractivity contribution in [2.24, 2.45) is 0 Å². The zero-order valence-electron chi connectivity index (χ0n) is 36.0. The molecule has 0 rings (SSSR count). The maximum absolute atomic E-state index is 12.7. The van der Waals surface area contributed by atoms with E-state index in [0.717, 1.165) is 89.9 Å². The van der Waals surface area contributed by atoms with Crippen LogP contribution in [0.1, 0.15) is 245 Å². The third kappa shape index (κ3) is 41.1. The SMILES string of the molecule is CCC/C=C\CCCCCCCC(=O)OCC(COC(=O)CCCCCCCCCCCCCCCCCC)OC(=O)CCCCCCC/C=C\CCC. The van der Waals surface area contributed by atoms with Gasteiger partial charge in [0.25, 0.3) is 0 Å². The first kappa shape index (κ1) is 51.9. The number of allylic oxidation sites excluding steroid dienone is 4. The van der Waals surface area contributed by atoms with Crippen LogP contribution in [0.25, 0.3) is 0 Å². The van der Waals surface area contributed by atoms with Crippen molar-refractivity contribution >= 4 is 17.9 Å². The van der Waals surface area contributed by atoms with Crippen molar-refractivity contribution in [3.8, 4) is 0 Å². The Morgan fingerprint density at radius 3 is 1.00 bits per heavy atom. The van der Waals surface area contributed by atoms with Gasteiger partial charge in [-0.05, 0) is 57.8 Å². The maximum atomic E-state index is 12.7. The van der Waals surface area contributed by atoms with Gasteiger partial charge in [0.1, 0.15) is 13.2 Å². The summed E-state index contributed by atoms with van der Waals surface area (Å²) >= 11 is 0. The Bertz CT molecular complexity index is 880. The van der Waals surface area contributed by atoms with Crippen LogP contribution in [0.15, 0.2) is 24.3 Å². The highest BCUT2D eigenvalue weighted by Gasteiger charge is 2.19. The number of hydrogen-bond donors (Lipinski definition) is 0. The number of hydrogen-bond acceptors (Lipinski definition) is 6. The second-order valence-electron chi connectivity index (χ2n) is 15.7. The molecule has 0 aromatic rings. The largest absolute Gasteiger partial charge is 0.462 e. The van der Waals surface area contributed by atoms with Gasteiger partial charge >= 0.3 is 17.9 Å². The molecule has 0 aliphatic carbocycles. The summed E-state index contributed by atoms with van der Waals surface area (Å²) in [5.41, 5.74) is 0. The fourth-order valence-electron chi connectivity index (χ4n) is 6.62. The molecular formula is C48H88O6. The van der Waals surface area contributed by atoms with Crippen molar-refractivity contribution < 1.29 is 28.6 Å². The first-order valence-electron chi connectivity index (χ1n) is 23.3. The van der Waals surface area contributed by atoms with E-state index in [9.17, 15) is 14.4 Å². The summed E-state index contributed by atoms with van der Waals surface area (Å²) in [4.78, 5) is 37.7. The minimum Gasteiger partial charge on any atom is -0.462 e. The van der Waals surface area contributed by atoms with Gasteiger partial charge in [-0.1, -0.05) is 193 Å². The van der Waals surface area contributed by atoms with Crippen LogP contribution in [-0.4, -0.2) is 37.2 Å². The van der Waals surface area contributed by atoms with Crippen molar-refractivity contribution in [3.63, 3.8) is 0 Å². The standard InChI is InChI=1S/C48H88O6/c1-4-7-10-13-16-19-22-23-24-25-26-27-30-32-35-38-41-47(50)53-44-45(54-48(51)42-39-36-33-29-21-18-15-12-9-6-3)43-52-46(49)40-37-34-31-28-20-17-14-11-8-5-2/h11-12,14-15,45H,4-10,13,16-44H2,1-3H3/b14-11-,15-12-. The van der Waals surface area contributed by atoms with Crippen LogP contribution in [0.3, 0.4) is 0 Å². The zero-order chi connectivity index (χ0) is 39.4. The summed E-state index contributed by atoms with van der Waals surface area (Å²) in [5, 5.41) is 0. The number of carbonyl (C=O) groups excluding carboxylic acids is 3. The summed E-state index contributed by atoms with van der Waals surface area (Å²) in [5.74, 6) is -0.891. The van der Waals surface area contributed by atoms with Crippen molar-refractivity contribution in [2.75, 3.05) is 13.2 Å². The molecule has 0 aromatic carbocycles. The number of ether oxygens (including phenoxy) is 3. The third-order valence-corrected chi connectivity index (χ3v) is 10.1. The molecule has 54 heavy (non-hydrogen) atoms. The molecule has 0 fully saturated rings. The van der Waals surface area contributed by atoms with E-state index in [2.05, 4.69) is 45.1 Å². The Hall–Kier alpha value is -2.11. The Balaban J connectivity index is 4.29. The van der Waals surface area contributed by atoms with Gasteiger partial charge in [-0.2, -0.15) is 0 Å². The second-order valence-corrected chi connectivity index (χ2v) is 15.7. The van der Waals surface area contributed by atoms with Gasteiger partial charge in [0, 0.05) is 19.3 Å². The van der Waals surface area contributed by atoms with Gasteiger partial charge in [-0.3, -0.25) is 14.4 Å². The van der Waals surface area contributed by atoms with Crippen LogP contribution in [0, 0.1) is 0 Å². The molecule has 0 amide bonds. The van der Waals surface area contributed by atoms with E-state index in [1.165, 1.54) is 116 Å². The van der Waals surface area contributed by atoms with Crippen molar-refractivity contribution in [3.05, 3.63) is 24.3 Å². The predicted octanol–water partition coefficient (Wildman–Crippen LogP) is 14.8. The summed E-state index contributed by atoms with van der Waals surface area (Å²) in [7, 11) is 0. The molecule has 0 N–H and O–H groups in total. The van der Waals surface area contributed by atoms with Crippen molar-refractivity contribution in [1.29, 1.82) is 0 Å². The quantitative estimate of drug-likeness (QED) is 0.0267. The maximum Gasteiger partial charge on any atom is 0.306 e. The fourth-order valence-corrected chi connectivity index (χ4v) is 6.62. The summed E-state index contributed by atoms with van der Waals surface area (Å²) in [6.07, 6.45) is 47.4. The van der Waals surface area contributed by atoms with Crippen LogP contribution in [0.2, 0.25) is 0 Å². The topological polar surface area (TPSA) is 78.9 Å².